The molecule has 72 valence electrons. The van der Waals surface area contributed by atoms with E-state index in [9.17, 15) is 4.79 Å². The maximum atomic E-state index is 10.5. The molecule has 3 heteroatoms. The molecule has 1 aromatic carbocycles. The molecular weight excluding hydrogens is 216 g/mol. The molecule has 0 fully saturated rings. The summed E-state index contributed by atoms with van der Waals surface area (Å²) in [6.45, 7) is 2.04. The van der Waals surface area contributed by atoms with Crippen LogP contribution in [0.3, 0.4) is 0 Å². The van der Waals surface area contributed by atoms with Crippen LogP contribution in [0.5, 0.6) is 0 Å². The highest BCUT2D eigenvalue weighted by Crippen LogP contribution is 2.32. The minimum atomic E-state index is 0.503. The van der Waals surface area contributed by atoms with Gasteiger partial charge in [-0.05, 0) is 36.1 Å². The number of carbonyl (C=O) groups excluding carboxylic acids is 1. The van der Waals surface area contributed by atoms with E-state index in [1.165, 1.54) is 15.6 Å². The first kappa shape index (κ1) is 9.69. The van der Waals surface area contributed by atoms with Crippen molar-refractivity contribution in [2.24, 2.45) is 0 Å². The van der Waals surface area contributed by atoms with Crippen LogP contribution < -0.4 is 0 Å². The van der Waals surface area contributed by atoms with E-state index in [0.29, 0.717) is 6.42 Å². The summed E-state index contributed by atoms with van der Waals surface area (Å²) in [5.74, 6) is 0. The van der Waals surface area contributed by atoms with Crippen molar-refractivity contribution in [3.8, 4) is 0 Å². The Labute approximate surface area is 91.3 Å². The monoisotopic (exact) mass is 224 g/mol. The Hall–Kier alpha value is -0.860. The Kier molecular flexibility index (Phi) is 2.57. The quantitative estimate of drug-likeness (QED) is 0.713. The van der Waals surface area contributed by atoms with Crippen molar-refractivity contribution < 1.29 is 4.79 Å². The second-order valence-electron chi connectivity index (χ2n) is 3.16. The summed E-state index contributed by atoms with van der Waals surface area (Å²) in [7, 11) is 0. The third-order valence-electron chi connectivity index (χ3n) is 2.27. The van der Waals surface area contributed by atoms with Gasteiger partial charge >= 0.3 is 0 Å². The van der Waals surface area contributed by atoms with Crippen molar-refractivity contribution in [2.75, 3.05) is 0 Å². The second kappa shape index (κ2) is 3.71. The van der Waals surface area contributed by atoms with Gasteiger partial charge in [-0.25, -0.2) is 0 Å². The van der Waals surface area contributed by atoms with Crippen LogP contribution in [-0.4, -0.2) is 6.29 Å². The molecule has 14 heavy (non-hydrogen) atoms. The largest absolute Gasteiger partial charge is 0.303 e. The van der Waals surface area contributed by atoms with Crippen LogP contribution in [0.1, 0.15) is 10.4 Å². The maximum absolute atomic E-state index is 10.5. The number of aryl methyl sites for hydroxylation is 1. The molecule has 0 aliphatic carbocycles. The average Bonchev–Trinajstić information content (AvgIpc) is 2.46. The number of hydrogen-bond acceptors (Lipinski definition) is 2. The predicted octanol–water partition coefficient (Wildman–Crippen LogP) is 3.60. The molecule has 0 unspecified atom stereocenters. The Balaban J connectivity index is 2.67. The van der Waals surface area contributed by atoms with Crippen molar-refractivity contribution in [3.63, 3.8) is 0 Å². The number of rotatable bonds is 2. The molecule has 0 aliphatic rings. The normalized spacial score (nSPS) is 10.7. The molecule has 1 heterocycles. The first-order chi connectivity index (χ1) is 6.72. The van der Waals surface area contributed by atoms with Crippen molar-refractivity contribution in [1.29, 1.82) is 0 Å². The van der Waals surface area contributed by atoms with Crippen molar-refractivity contribution >= 4 is 39.3 Å². The molecule has 0 bridgehead atoms. The minimum absolute atomic E-state index is 0.503. The molecule has 0 atom stereocenters. The summed E-state index contributed by atoms with van der Waals surface area (Å²) >= 11 is 7.58. The fourth-order valence-electron chi connectivity index (χ4n) is 1.51. The van der Waals surface area contributed by atoms with Gasteiger partial charge < -0.3 is 4.79 Å². The summed E-state index contributed by atoms with van der Waals surface area (Å²) < 4.78 is 1.20. The Bertz CT molecular complexity index is 487. The van der Waals surface area contributed by atoms with E-state index in [2.05, 4.69) is 0 Å². The van der Waals surface area contributed by atoms with Crippen LogP contribution in [0.2, 0.25) is 5.02 Å². The second-order valence-corrected chi connectivity index (χ2v) is 4.73. The van der Waals surface area contributed by atoms with Crippen molar-refractivity contribution in [3.05, 3.63) is 33.7 Å². The third kappa shape index (κ3) is 1.56. The number of hydrogen-bond donors (Lipinski definition) is 0. The minimum Gasteiger partial charge on any atom is -0.303 e. The van der Waals surface area contributed by atoms with Crippen LogP contribution >= 0.6 is 22.9 Å². The van der Waals surface area contributed by atoms with Gasteiger partial charge in [0.25, 0.3) is 0 Å². The first-order valence-electron chi connectivity index (χ1n) is 4.33. The van der Waals surface area contributed by atoms with Crippen LogP contribution in [0, 0.1) is 6.92 Å². The highest BCUT2D eigenvalue weighted by atomic mass is 35.5. The van der Waals surface area contributed by atoms with E-state index in [1.807, 2.05) is 25.1 Å². The van der Waals surface area contributed by atoms with E-state index in [0.717, 1.165) is 16.2 Å². The highest BCUT2D eigenvalue weighted by molar-refractivity contribution is 7.19. The first-order valence-corrected chi connectivity index (χ1v) is 5.53. The molecule has 1 aromatic heterocycles. The third-order valence-corrected chi connectivity index (χ3v) is 3.80. The molecule has 1 nitrogen and oxygen atoms in total. The Morgan fingerprint density at radius 2 is 2.29 bits per heavy atom. The Morgan fingerprint density at radius 3 is 3.00 bits per heavy atom. The lowest BCUT2D eigenvalue weighted by molar-refractivity contribution is -0.107. The Morgan fingerprint density at radius 1 is 1.50 bits per heavy atom. The van der Waals surface area contributed by atoms with E-state index in [-0.39, 0.29) is 0 Å². The number of benzene rings is 1. The standard InChI is InChI=1S/C11H9ClOS/c1-7-9-6-8(12)2-3-11(9)14-10(7)4-5-13/h2-3,5-6H,4H2,1H3. The molecule has 2 aromatic rings. The molecule has 0 saturated heterocycles. The predicted molar refractivity (Wildman–Crippen MR) is 61.3 cm³/mol. The van der Waals surface area contributed by atoms with E-state index >= 15 is 0 Å². The van der Waals surface area contributed by atoms with Gasteiger partial charge in [-0.15, -0.1) is 11.3 Å². The lowest BCUT2D eigenvalue weighted by Gasteiger charge is -1.93. The van der Waals surface area contributed by atoms with E-state index in [4.69, 9.17) is 11.6 Å². The molecule has 0 spiro atoms. The fraction of sp³-hybridized carbons (Fsp3) is 0.182. The number of thiophene rings is 1. The molecule has 0 aliphatic heterocycles. The molecule has 0 amide bonds. The molecule has 0 N–H and O–H groups in total. The maximum Gasteiger partial charge on any atom is 0.125 e. The van der Waals surface area contributed by atoms with E-state index in [1.54, 1.807) is 11.3 Å². The topological polar surface area (TPSA) is 17.1 Å². The lowest BCUT2D eigenvalue weighted by atomic mass is 10.1. The summed E-state index contributed by atoms with van der Waals surface area (Å²) in [5.41, 5.74) is 1.18. The molecule has 0 saturated carbocycles. The van der Waals surface area contributed by atoms with Gasteiger partial charge in [0.1, 0.15) is 6.29 Å². The smallest absolute Gasteiger partial charge is 0.125 e. The zero-order valence-corrected chi connectivity index (χ0v) is 9.28. The van der Waals surface area contributed by atoms with Crippen LogP contribution in [0.25, 0.3) is 10.1 Å². The fourth-order valence-corrected chi connectivity index (χ4v) is 2.82. The number of fused-ring (bicyclic) bond motifs is 1. The van der Waals surface area contributed by atoms with Gasteiger partial charge in [-0.3, -0.25) is 0 Å². The van der Waals surface area contributed by atoms with Crippen LogP contribution in [0.4, 0.5) is 0 Å². The molecule has 0 radical (unpaired) electrons. The lowest BCUT2D eigenvalue weighted by Crippen LogP contribution is -1.82. The van der Waals surface area contributed by atoms with Crippen LogP contribution in [-0.2, 0) is 11.2 Å². The van der Waals surface area contributed by atoms with Gasteiger partial charge in [0.05, 0.1) is 0 Å². The van der Waals surface area contributed by atoms with Gasteiger partial charge in [-0.1, -0.05) is 11.6 Å². The van der Waals surface area contributed by atoms with Crippen molar-refractivity contribution in [2.45, 2.75) is 13.3 Å². The SMILES string of the molecule is Cc1c(CC=O)sc2ccc(Cl)cc12. The van der Waals surface area contributed by atoms with Crippen LogP contribution in [0.15, 0.2) is 18.2 Å². The van der Waals surface area contributed by atoms with Gasteiger partial charge in [-0.2, -0.15) is 0 Å². The zero-order valence-electron chi connectivity index (χ0n) is 7.71. The number of halogens is 1. The number of carbonyl (C=O) groups is 1. The zero-order chi connectivity index (χ0) is 10.1. The van der Waals surface area contributed by atoms with Crippen molar-refractivity contribution in [1.82, 2.24) is 0 Å². The summed E-state index contributed by atoms with van der Waals surface area (Å²) in [5, 5.41) is 1.91. The molecular formula is C11H9ClOS. The highest BCUT2D eigenvalue weighted by Gasteiger charge is 2.07. The van der Waals surface area contributed by atoms with Gasteiger partial charge in [0.2, 0.25) is 0 Å². The number of aldehydes is 1. The van der Waals surface area contributed by atoms with E-state index < -0.39 is 0 Å². The molecule has 2 rings (SSSR count). The average molecular weight is 225 g/mol. The summed E-state index contributed by atoms with van der Waals surface area (Å²) in [6.07, 6.45) is 1.45. The summed E-state index contributed by atoms with van der Waals surface area (Å²) in [6, 6.07) is 5.84. The summed E-state index contributed by atoms with van der Waals surface area (Å²) in [4.78, 5) is 11.6. The van der Waals surface area contributed by atoms with Gasteiger partial charge in [0, 0.05) is 21.0 Å². The van der Waals surface area contributed by atoms with Gasteiger partial charge in [0.15, 0.2) is 0 Å².